The SMILES string of the molecule is CCCCCCCCCCC/C=C\C1O[C@H](OC)C(OS(=O)(=O)C(F)(F)F)C1OCc1ccccc1. The largest absolute Gasteiger partial charge is 0.523 e. The molecule has 0 aliphatic carbocycles. The van der Waals surface area contributed by atoms with Gasteiger partial charge in [0.2, 0.25) is 0 Å². The summed E-state index contributed by atoms with van der Waals surface area (Å²) in [4.78, 5) is 0. The molecule has 0 spiro atoms. The normalized spacial score (nSPS) is 23.0. The predicted octanol–water partition coefficient (Wildman–Crippen LogP) is 6.66. The second-order valence-corrected chi connectivity index (χ2v) is 10.5. The minimum Gasteiger partial charge on any atom is -0.368 e. The molecule has 0 saturated carbocycles. The van der Waals surface area contributed by atoms with E-state index in [0.717, 1.165) is 24.8 Å². The van der Waals surface area contributed by atoms with Crippen molar-refractivity contribution in [3.05, 3.63) is 48.0 Å². The first kappa shape index (κ1) is 30.8. The lowest BCUT2D eigenvalue weighted by Gasteiger charge is -2.23. The maximum atomic E-state index is 13.0. The zero-order valence-electron chi connectivity index (χ0n) is 21.1. The highest BCUT2D eigenvalue weighted by atomic mass is 32.2. The fourth-order valence-corrected chi connectivity index (χ4v) is 4.66. The molecule has 2 rings (SSSR count). The van der Waals surface area contributed by atoms with E-state index < -0.39 is 40.2 Å². The summed E-state index contributed by atoms with van der Waals surface area (Å²) in [6, 6.07) is 9.00. The molecule has 1 aliphatic rings. The van der Waals surface area contributed by atoms with E-state index in [9.17, 15) is 21.6 Å². The third-order valence-electron chi connectivity index (χ3n) is 6.05. The average Bonchev–Trinajstić information content (AvgIpc) is 3.16. The van der Waals surface area contributed by atoms with Crippen LogP contribution >= 0.6 is 0 Å². The van der Waals surface area contributed by atoms with Crippen LogP contribution in [0.5, 0.6) is 0 Å². The van der Waals surface area contributed by atoms with Gasteiger partial charge in [0.15, 0.2) is 12.4 Å². The third-order valence-corrected chi connectivity index (χ3v) is 7.09. The fraction of sp³-hybridized carbons (Fsp3) is 0.692. The minimum atomic E-state index is -5.87. The lowest BCUT2D eigenvalue weighted by molar-refractivity contribution is -0.141. The monoisotopic (exact) mass is 536 g/mol. The molecule has 1 saturated heterocycles. The van der Waals surface area contributed by atoms with Crippen LogP contribution in [-0.2, 0) is 35.1 Å². The van der Waals surface area contributed by atoms with Crippen molar-refractivity contribution in [2.24, 2.45) is 0 Å². The van der Waals surface area contributed by atoms with Gasteiger partial charge in [-0.1, -0.05) is 101 Å². The van der Waals surface area contributed by atoms with Crippen molar-refractivity contribution in [1.82, 2.24) is 0 Å². The van der Waals surface area contributed by atoms with E-state index >= 15 is 0 Å². The third kappa shape index (κ3) is 10.1. The second kappa shape index (κ2) is 15.7. The number of allylic oxidation sites excluding steroid dienone is 1. The Hall–Kier alpha value is -1.46. The summed E-state index contributed by atoms with van der Waals surface area (Å²) in [6.07, 6.45) is 10.3. The summed E-state index contributed by atoms with van der Waals surface area (Å²) in [5.74, 6) is 0. The van der Waals surface area contributed by atoms with Crippen molar-refractivity contribution in [2.45, 2.75) is 108 Å². The van der Waals surface area contributed by atoms with Crippen LogP contribution in [-0.4, -0.2) is 45.6 Å². The van der Waals surface area contributed by atoms with E-state index in [1.54, 1.807) is 30.3 Å². The quantitative estimate of drug-likeness (QED) is 0.0960. The predicted molar refractivity (Wildman–Crippen MR) is 132 cm³/mol. The second-order valence-electron chi connectivity index (χ2n) is 8.97. The molecule has 1 aliphatic heterocycles. The van der Waals surface area contributed by atoms with Crippen LogP contribution in [0.4, 0.5) is 13.2 Å². The smallest absolute Gasteiger partial charge is 0.368 e. The average molecular weight is 537 g/mol. The van der Waals surface area contributed by atoms with Crippen LogP contribution in [0.25, 0.3) is 0 Å². The van der Waals surface area contributed by atoms with E-state index in [1.165, 1.54) is 52.1 Å². The number of hydrogen-bond acceptors (Lipinski definition) is 6. The molecule has 1 heterocycles. The Kier molecular flexibility index (Phi) is 13.4. The summed E-state index contributed by atoms with van der Waals surface area (Å²) in [5.41, 5.74) is -4.80. The van der Waals surface area contributed by atoms with Gasteiger partial charge in [0.1, 0.15) is 12.2 Å². The van der Waals surface area contributed by atoms with Gasteiger partial charge < -0.3 is 14.2 Å². The van der Waals surface area contributed by atoms with Crippen molar-refractivity contribution >= 4 is 10.1 Å². The molecule has 0 amide bonds. The molecule has 36 heavy (non-hydrogen) atoms. The Balaban J connectivity index is 1.96. The number of rotatable bonds is 17. The van der Waals surface area contributed by atoms with Gasteiger partial charge in [-0.3, -0.25) is 4.18 Å². The molecule has 1 aromatic rings. The molecule has 0 N–H and O–H groups in total. The van der Waals surface area contributed by atoms with Gasteiger partial charge in [-0.2, -0.15) is 21.6 Å². The van der Waals surface area contributed by atoms with Crippen molar-refractivity contribution in [3.8, 4) is 0 Å². The molecule has 3 unspecified atom stereocenters. The highest BCUT2D eigenvalue weighted by Crippen LogP contribution is 2.34. The van der Waals surface area contributed by atoms with Crippen molar-refractivity contribution < 1.29 is 40.0 Å². The lowest BCUT2D eigenvalue weighted by Crippen LogP contribution is -2.42. The molecule has 0 bridgehead atoms. The standard InChI is InChI=1S/C26H39F3O6S/c1-3-4-5-6-7-8-9-10-11-12-16-19-22-23(33-20-21-17-14-13-15-18-21)24(25(32-2)34-22)35-36(30,31)26(27,28)29/h13-19,22-25H,3-12,20H2,1-2H3/b19-16-/t22?,23?,24?,25-/m0/s1. The first-order valence-electron chi connectivity index (χ1n) is 12.7. The number of hydrogen-bond donors (Lipinski definition) is 0. The molecule has 10 heteroatoms. The van der Waals surface area contributed by atoms with Gasteiger partial charge in [-0.15, -0.1) is 0 Å². The number of ether oxygens (including phenoxy) is 3. The summed E-state index contributed by atoms with van der Waals surface area (Å²) >= 11 is 0. The highest BCUT2D eigenvalue weighted by Gasteiger charge is 2.54. The van der Waals surface area contributed by atoms with Crippen LogP contribution in [0, 0.1) is 0 Å². The van der Waals surface area contributed by atoms with Crippen LogP contribution in [0.1, 0.15) is 76.7 Å². The Morgan fingerprint density at radius 2 is 1.56 bits per heavy atom. The molecular formula is C26H39F3O6S. The number of benzene rings is 1. The van der Waals surface area contributed by atoms with E-state index in [0.29, 0.717) is 0 Å². The van der Waals surface area contributed by atoms with Crippen molar-refractivity contribution in [3.63, 3.8) is 0 Å². The Bertz CT molecular complexity index is 860. The first-order chi connectivity index (χ1) is 17.2. The summed E-state index contributed by atoms with van der Waals surface area (Å²) < 4.78 is 83.6. The Labute approximate surface area is 213 Å². The molecule has 206 valence electrons. The molecule has 0 aromatic heterocycles. The molecular weight excluding hydrogens is 497 g/mol. The maximum Gasteiger partial charge on any atom is 0.523 e. The minimum absolute atomic E-state index is 0.0415. The van der Waals surface area contributed by atoms with Gasteiger partial charge in [-0.05, 0) is 18.4 Å². The molecule has 4 atom stereocenters. The number of methoxy groups -OCH3 is 1. The van der Waals surface area contributed by atoms with Crippen molar-refractivity contribution in [2.75, 3.05) is 7.11 Å². The van der Waals surface area contributed by atoms with E-state index in [4.69, 9.17) is 14.2 Å². The summed E-state index contributed by atoms with van der Waals surface area (Å²) in [7, 11) is -4.66. The molecule has 1 fully saturated rings. The molecule has 0 radical (unpaired) electrons. The molecule has 6 nitrogen and oxygen atoms in total. The number of unbranched alkanes of at least 4 members (excludes halogenated alkanes) is 9. The van der Waals surface area contributed by atoms with Crippen LogP contribution in [0.2, 0.25) is 0 Å². The highest BCUT2D eigenvalue weighted by molar-refractivity contribution is 7.87. The van der Waals surface area contributed by atoms with Gasteiger partial charge >= 0.3 is 15.6 Å². The Morgan fingerprint density at radius 3 is 2.14 bits per heavy atom. The van der Waals surface area contributed by atoms with Crippen LogP contribution < -0.4 is 0 Å². The van der Waals surface area contributed by atoms with Gasteiger partial charge in [0.25, 0.3) is 0 Å². The van der Waals surface area contributed by atoms with Gasteiger partial charge in [0.05, 0.1) is 6.61 Å². The number of alkyl halides is 3. The Morgan fingerprint density at radius 1 is 0.944 bits per heavy atom. The van der Waals surface area contributed by atoms with Crippen LogP contribution in [0.15, 0.2) is 42.5 Å². The van der Waals surface area contributed by atoms with Crippen LogP contribution in [0.3, 0.4) is 0 Å². The number of halogens is 3. The summed E-state index contributed by atoms with van der Waals surface area (Å²) in [5, 5.41) is 0. The topological polar surface area (TPSA) is 71.1 Å². The van der Waals surface area contributed by atoms with E-state index in [1.807, 2.05) is 12.1 Å². The zero-order valence-corrected chi connectivity index (χ0v) is 21.9. The maximum absolute atomic E-state index is 13.0. The van der Waals surface area contributed by atoms with Gasteiger partial charge in [0, 0.05) is 7.11 Å². The van der Waals surface area contributed by atoms with E-state index in [2.05, 4.69) is 11.1 Å². The summed E-state index contributed by atoms with van der Waals surface area (Å²) in [6.45, 7) is 2.24. The zero-order chi connectivity index (χ0) is 26.4. The van der Waals surface area contributed by atoms with E-state index in [-0.39, 0.29) is 6.61 Å². The van der Waals surface area contributed by atoms with Gasteiger partial charge in [-0.25, -0.2) is 0 Å². The van der Waals surface area contributed by atoms with Crippen molar-refractivity contribution in [1.29, 1.82) is 0 Å². The molecule has 1 aromatic carbocycles. The fourth-order valence-electron chi connectivity index (χ4n) is 4.06. The first-order valence-corrected chi connectivity index (χ1v) is 14.1. The lowest BCUT2D eigenvalue weighted by atomic mass is 10.1.